The number of oxazole rings is 1. The maximum absolute atomic E-state index is 13.5. The lowest BCUT2D eigenvalue weighted by Gasteiger charge is -2.03. The predicted octanol–water partition coefficient (Wildman–Crippen LogP) is 1.95. The second kappa shape index (κ2) is 4.32. The van der Waals surface area contributed by atoms with Crippen molar-refractivity contribution in [2.45, 2.75) is 6.54 Å². The largest absolute Gasteiger partial charge is 0.494 e. The lowest BCUT2D eigenvalue weighted by molar-refractivity contribution is 0.386. The maximum Gasteiger partial charge on any atom is 0.181 e. The molecule has 0 saturated heterocycles. The zero-order valence-electron chi connectivity index (χ0n) is 8.74. The molecule has 2 N–H and O–H groups in total. The Morgan fingerprint density at radius 2 is 2.31 bits per heavy atom. The van der Waals surface area contributed by atoms with E-state index in [4.69, 9.17) is 14.9 Å². The summed E-state index contributed by atoms with van der Waals surface area (Å²) in [5.41, 5.74) is 6.68. The third-order valence-corrected chi connectivity index (χ3v) is 2.25. The van der Waals surface area contributed by atoms with Gasteiger partial charge in [-0.05, 0) is 18.2 Å². The number of benzene rings is 1. The molecule has 0 saturated carbocycles. The summed E-state index contributed by atoms with van der Waals surface area (Å²) in [4.78, 5) is 3.94. The van der Waals surface area contributed by atoms with Crippen molar-refractivity contribution in [1.29, 1.82) is 0 Å². The summed E-state index contributed by atoms with van der Waals surface area (Å²) >= 11 is 0. The molecule has 84 valence electrons. The Morgan fingerprint density at radius 3 is 2.94 bits per heavy atom. The van der Waals surface area contributed by atoms with Crippen molar-refractivity contribution < 1.29 is 13.5 Å². The molecular weight excluding hydrogens is 211 g/mol. The molecule has 0 bridgehead atoms. The van der Waals surface area contributed by atoms with Crippen LogP contribution < -0.4 is 10.5 Å². The highest BCUT2D eigenvalue weighted by Gasteiger charge is 2.12. The number of hydrogen-bond acceptors (Lipinski definition) is 4. The minimum Gasteiger partial charge on any atom is -0.494 e. The summed E-state index contributed by atoms with van der Waals surface area (Å²) in [6.45, 7) is 0.249. The third-order valence-electron chi connectivity index (χ3n) is 2.25. The van der Waals surface area contributed by atoms with E-state index in [2.05, 4.69) is 4.98 Å². The third kappa shape index (κ3) is 1.77. The monoisotopic (exact) mass is 222 g/mol. The topological polar surface area (TPSA) is 61.3 Å². The van der Waals surface area contributed by atoms with Crippen molar-refractivity contribution >= 4 is 0 Å². The molecule has 1 aromatic heterocycles. The first-order valence-electron chi connectivity index (χ1n) is 4.72. The number of rotatable bonds is 3. The van der Waals surface area contributed by atoms with Crippen molar-refractivity contribution in [1.82, 2.24) is 4.98 Å². The Hall–Kier alpha value is -1.88. The maximum atomic E-state index is 13.5. The summed E-state index contributed by atoms with van der Waals surface area (Å²) < 4.78 is 23.5. The number of hydrogen-bond donors (Lipinski definition) is 1. The molecule has 0 radical (unpaired) electrons. The summed E-state index contributed by atoms with van der Waals surface area (Å²) in [6.07, 6.45) is 1.29. The SMILES string of the molecule is COc1ccc(-c2ocnc2CN)cc1F. The van der Waals surface area contributed by atoms with Gasteiger partial charge in [-0.25, -0.2) is 9.37 Å². The van der Waals surface area contributed by atoms with Crippen LogP contribution >= 0.6 is 0 Å². The molecule has 0 spiro atoms. The molecule has 16 heavy (non-hydrogen) atoms. The van der Waals surface area contributed by atoms with Crippen LogP contribution in [0.3, 0.4) is 0 Å². The molecule has 5 heteroatoms. The van der Waals surface area contributed by atoms with E-state index >= 15 is 0 Å². The van der Waals surface area contributed by atoms with Crippen LogP contribution in [0.4, 0.5) is 4.39 Å². The number of nitrogens with zero attached hydrogens (tertiary/aromatic N) is 1. The molecule has 1 heterocycles. The second-order valence-electron chi connectivity index (χ2n) is 3.18. The van der Waals surface area contributed by atoms with Crippen LogP contribution in [-0.2, 0) is 6.54 Å². The molecule has 4 nitrogen and oxygen atoms in total. The van der Waals surface area contributed by atoms with Crippen molar-refractivity contribution in [3.05, 3.63) is 36.1 Å². The van der Waals surface area contributed by atoms with Gasteiger partial charge in [0.2, 0.25) is 0 Å². The van der Waals surface area contributed by atoms with Gasteiger partial charge in [0, 0.05) is 12.1 Å². The van der Waals surface area contributed by atoms with Gasteiger partial charge in [0.15, 0.2) is 23.7 Å². The first-order valence-corrected chi connectivity index (χ1v) is 4.72. The van der Waals surface area contributed by atoms with Gasteiger partial charge in [0.25, 0.3) is 0 Å². The van der Waals surface area contributed by atoms with Gasteiger partial charge in [0.1, 0.15) is 5.69 Å². The van der Waals surface area contributed by atoms with Gasteiger partial charge in [-0.2, -0.15) is 0 Å². The number of ether oxygens (including phenoxy) is 1. The van der Waals surface area contributed by atoms with Gasteiger partial charge in [-0.1, -0.05) is 0 Å². The molecule has 2 aromatic rings. The first-order chi connectivity index (χ1) is 7.76. The van der Waals surface area contributed by atoms with E-state index in [1.54, 1.807) is 6.07 Å². The Morgan fingerprint density at radius 1 is 1.50 bits per heavy atom. The molecule has 0 aliphatic carbocycles. The zero-order valence-corrected chi connectivity index (χ0v) is 8.74. The van der Waals surface area contributed by atoms with Gasteiger partial charge in [-0.15, -0.1) is 0 Å². The highest BCUT2D eigenvalue weighted by Crippen LogP contribution is 2.27. The fourth-order valence-corrected chi connectivity index (χ4v) is 1.46. The van der Waals surface area contributed by atoms with Crippen LogP contribution in [0.15, 0.2) is 29.0 Å². The summed E-state index contributed by atoms with van der Waals surface area (Å²) in [5.74, 6) is 0.237. The Kier molecular flexibility index (Phi) is 2.87. The van der Waals surface area contributed by atoms with E-state index in [0.29, 0.717) is 17.0 Å². The minimum absolute atomic E-state index is 0.192. The van der Waals surface area contributed by atoms with Crippen molar-refractivity contribution in [3.63, 3.8) is 0 Å². The average molecular weight is 222 g/mol. The number of nitrogens with two attached hydrogens (primary N) is 1. The molecule has 0 atom stereocenters. The minimum atomic E-state index is -0.445. The van der Waals surface area contributed by atoms with Crippen molar-refractivity contribution in [2.75, 3.05) is 7.11 Å². The van der Waals surface area contributed by atoms with Crippen LogP contribution in [0.25, 0.3) is 11.3 Å². The van der Waals surface area contributed by atoms with E-state index in [1.165, 1.54) is 25.6 Å². The molecule has 0 unspecified atom stereocenters. The van der Waals surface area contributed by atoms with Gasteiger partial charge in [0.05, 0.1) is 7.11 Å². The lowest BCUT2D eigenvalue weighted by atomic mass is 10.1. The summed E-state index contributed by atoms with van der Waals surface area (Å²) in [6, 6.07) is 4.56. The van der Waals surface area contributed by atoms with Crippen LogP contribution in [0.1, 0.15) is 5.69 Å². The first kappa shape index (κ1) is 10.6. The molecule has 1 aromatic carbocycles. The number of methoxy groups -OCH3 is 1. The van der Waals surface area contributed by atoms with Crippen molar-refractivity contribution in [3.8, 4) is 17.1 Å². The molecule has 0 aliphatic rings. The predicted molar refractivity (Wildman–Crippen MR) is 56.3 cm³/mol. The molecule has 2 rings (SSSR count). The quantitative estimate of drug-likeness (QED) is 0.862. The standard InChI is InChI=1S/C11H11FN2O2/c1-15-10-3-2-7(4-8(10)12)11-9(5-13)14-6-16-11/h2-4,6H,5,13H2,1H3. The number of aromatic nitrogens is 1. The second-order valence-corrected chi connectivity index (χ2v) is 3.18. The van der Waals surface area contributed by atoms with Gasteiger partial charge in [-0.3, -0.25) is 0 Å². The van der Waals surface area contributed by atoms with E-state index in [9.17, 15) is 4.39 Å². The lowest BCUT2D eigenvalue weighted by Crippen LogP contribution is -1.98. The van der Waals surface area contributed by atoms with Crippen LogP contribution in [0.2, 0.25) is 0 Å². The Balaban J connectivity index is 2.45. The highest BCUT2D eigenvalue weighted by molar-refractivity contribution is 5.60. The van der Waals surface area contributed by atoms with E-state index in [0.717, 1.165) is 0 Å². The van der Waals surface area contributed by atoms with E-state index in [-0.39, 0.29) is 12.3 Å². The Labute approximate surface area is 91.9 Å². The number of halogens is 1. The van der Waals surface area contributed by atoms with Crippen LogP contribution in [0, 0.1) is 5.82 Å². The van der Waals surface area contributed by atoms with Gasteiger partial charge < -0.3 is 14.9 Å². The van der Waals surface area contributed by atoms with Crippen LogP contribution in [-0.4, -0.2) is 12.1 Å². The fraction of sp³-hybridized carbons (Fsp3) is 0.182. The van der Waals surface area contributed by atoms with Gasteiger partial charge >= 0.3 is 0 Å². The summed E-state index contributed by atoms with van der Waals surface area (Å²) in [7, 11) is 1.41. The van der Waals surface area contributed by atoms with E-state index < -0.39 is 5.82 Å². The fourth-order valence-electron chi connectivity index (χ4n) is 1.46. The molecule has 0 fully saturated rings. The smallest absolute Gasteiger partial charge is 0.181 e. The summed E-state index contributed by atoms with van der Waals surface area (Å²) in [5, 5.41) is 0. The van der Waals surface area contributed by atoms with Crippen molar-refractivity contribution in [2.24, 2.45) is 5.73 Å². The van der Waals surface area contributed by atoms with Crippen LogP contribution in [0.5, 0.6) is 5.75 Å². The molecule has 0 aliphatic heterocycles. The molecular formula is C11H11FN2O2. The molecule has 0 amide bonds. The highest BCUT2D eigenvalue weighted by atomic mass is 19.1. The zero-order chi connectivity index (χ0) is 11.5. The van der Waals surface area contributed by atoms with E-state index in [1.807, 2.05) is 0 Å². The average Bonchev–Trinajstić information content (AvgIpc) is 2.77. The normalized spacial score (nSPS) is 10.4. The Bertz CT molecular complexity index is 496.